The van der Waals surface area contributed by atoms with Gasteiger partial charge in [-0.3, -0.25) is 0 Å². The van der Waals surface area contributed by atoms with Gasteiger partial charge in [0.1, 0.15) is 0 Å². The summed E-state index contributed by atoms with van der Waals surface area (Å²) in [5.74, 6) is -0.436. The van der Waals surface area contributed by atoms with Crippen LogP contribution in [0.15, 0.2) is 0 Å². The van der Waals surface area contributed by atoms with Gasteiger partial charge in [-0.05, 0) is 76.0 Å². The molecule has 1 heterocycles. The normalized spacial score (nSPS) is 50.4. The predicted octanol–water partition coefficient (Wildman–Crippen LogP) is 3.92. The smallest absolute Gasteiger partial charge is 0.163 e. The SMILES string of the molecule is CC1(C)O[C@H]2CCCCC34CC(O)CC3(CCCC[C@H]2O1)CC(O)C4. The molecule has 144 valence electrons. The van der Waals surface area contributed by atoms with Crippen LogP contribution in [0.3, 0.4) is 0 Å². The molecule has 4 nitrogen and oxygen atoms in total. The molecule has 0 aromatic rings. The number of ether oxygens (including phenoxy) is 2. The Morgan fingerprint density at radius 1 is 0.680 bits per heavy atom. The van der Waals surface area contributed by atoms with Crippen molar-refractivity contribution in [1.29, 1.82) is 0 Å². The highest BCUT2D eigenvalue weighted by molar-refractivity contribution is 5.11. The van der Waals surface area contributed by atoms with E-state index in [9.17, 15) is 10.2 Å². The molecule has 1 saturated heterocycles. The van der Waals surface area contributed by atoms with Crippen molar-refractivity contribution in [1.82, 2.24) is 0 Å². The van der Waals surface area contributed by atoms with Crippen molar-refractivity contribution in [2.45, 2.75) is 121 Å². The Bertz CT molecular complexity index is 434. The van der Waals surface area contributed by atoms with Crippen molar-refractivity contribution in [2.75, 3.05) is 0 Å². The molecule has 3 aliphatic carbocycles. The van der Waals surface area contributed by atoms with Crippen LogP contribution >= 0.6 is 0 Å². The third-order valence-corrected chi connectivity index (χ3v) is 7.70. The molecule has 1 aliphatic heterocycles. The van der Waals surface area contributed by atoms with Crippen molar-refractivity contribution in [3.05, 3.63) is 0 Å². The first-order valence-electron chi connectivity index (χ1n) is 10.6. The summed E-state index contributed by atoms with van der Waals surface area (Å²) in [5, 5.41) is 20.9. The summed E-state index contributed by atoms with van der Waals surface area (Å²) in [6, 6.07) is 0. The topological polar surface area (TPSA) is 58.9 Å². The third kappa shape index (κ3) is 3.28. The minimum Gasteiger partial charge on any atom is -0.393 e. The minimum atomic E-state index is -0.436. The van der Waals surface area contributed by atoms with E-state index in [1.807, 2.05) is 13.8 Å². The number of fused-ring (bicyclic) bond motifs is 1. The van der Waals surface area contributed by atoms with Gasteiger partial charge < -0.3 is 19.7 Å². The Labute approximate surface area is 152 Å². The van der Waals surface area contributed by atoms with Gasteiger partial charge in [0.15, 0.2) is 5.79 Å². The molecule has 3 saturated carbocycles. The summed E-state index contributed by atoms with van der Waals surface area (Å²) >= 11 is 0. The van der Waals surface area contributed by atoms with Crippen LogP contribution in [-0.2, 0) is 9.47 Å². The Morgan fingerprint density at radius 2 is 1.08 bits per heavy atom. The standard InChI is InChI=1S/C21H36O4/c1-19(2)24-17-7-3-5-9-20-11-15(22)13-21(20,14-16(23)12-20)10-6-4-8-18(17)25-19/h15-18,22-23H,3-14H2,1-2H3/t15?,16?,17-,18+,20?,21?. The molecule has 4 heteroatoms. The molecule has 0 spiro atoms. The number of rotatable bonds is 0. The molecular formula is C21H36O4. The van der Waals surface area contributed by atoms with E-state index in [0.717, 1.165) is 64.2 Å². The number of hydrogen-bond acceptors (Lipinski definition) is 4. The fraction of sp³-hybridized carbons (Fsp3) is 1.00. The maximum Gasteiger partial charge on any atom is 0.163 e. The summed E-state index contributed by atoms with van der Waals surface area (Å²) in [4.78, 5) is 0. The Kier molecular flexibility index (Phi) is 4.71. The van der Waals surface area contributed by atoms with Gasteiger partial charge >= 0.3 is 0 Å². The van der Waals surface area contributed by atoms with Crippen LogP contribution < -0.4 is 0 Å². The largest absolute Gasteiger partial charge is 0.393 e. The molecule has 25 heavy (non-hydrogen) atoms. The van der Waals surface area contributed by atoms with Crippen LogP contribution in [-0.4, -0.2) is 40.4 Å². The zero-order chi connectivity index (χ0) is 17.7. The molecule has 0 aromatic heterocycles. The molecule has 4 atom stereocenters. The fourth-order valence-electron chi connectivity index (χ4n) is 6.94. The van der Waals surface area contributed by atoms with Gasteiger partial charge in [0.05, 0.1) is 24.4 Å². The van der Waals surface area contributed by atoms with Crippen LogP contribution in [0.1, 0.15) is 90.9 Å². The van der Waals surface area contributed by atoms with Crippen LogP contribution in [0.4, 0.5) is 0 Å². The lowest BCUT2D eigenvalue weighted by Gasteiger charge is -2.41. The maximum absolute atomic E-state index is 10.4. The number of aliphatic hydroxyl groups is 2. The van der Waals surface area contributed by atoms with Gasteiger partial charge in [0.2, 0.25) is 0 Å². The number of hydrogen-bond donors (Lipinski definition) is 2. The van der Waals surface area contributed by atoms with E-state index < -0.39 is 5.79 Å². The van der Waals surface area contributed by atoms with E-state index in [1.54, 1.807) is 0 Å². The number of aliphatic hydroxyl groups excluding tert-OH is 2. The van der Waals surface area contributed by atoms with Gasteiger partial charge in [-0.2, -0.15) is 0 Å². The zero-order valence-corrected chi connectivity index (χ0v) is 16.0. The highest BCUT2D eigenvalue weighted by atomic mass is 16.7. The summed E-state index contributed by atoms with van der Waals surface area (Å²) < 4.78 is 12.3. The van der Waals surface area contributed by atoms with Gasteiger partial charge in [0, 0.05) is 0 Å². The molecule has 0 radical (unpaired) electrons. The first-order chi connectivity index (χ1) is 11.8. The first-order valence-corrected chi connectivity index (χ1v) is 10.6. The summed E-state index contributed by atoms with van der Waals surface area (Å²) in [7, 11) is 0. The van der Waals surface area contributed by atoms with Crippen molar-refractivity contribution in [2.24, 2.45) is 10.8 Å². The highest BCUT2D eigenvalue weighted by Crippen LogP contribution is 2.67. The van der Waals surface area contributed by atoms with Crippen LogP contribution in [0, 0.1) is 10.8 Å². The lowest BCUT2D eigenvalue weighted by molar-refractivity contribution is -0.147. The lowest BCUT2D eigenvalue weighted by atomic mass is 9.63. The summed E-state index contributed by atoms with van der Waals surface area (Å²) in [5.41, 5.74) is 0.355. The first kappa shape index (κ1) is 18.2. The maximum atomic E-state index is 10.4. The molecular weight excluding hydrogens is 316 g/mol. The third-order valence-electron chi connectivity index (χ3n) is 7.70. The van der Waals surface area contributed by atoms with Crippen LogP contribution in [0.25, 0.3) is 0 Å². The van der Waals surface area contributed by atoms with Crippen molar-refractivity contribution in [3.8, 4) is 0 Å². The fourth-order valence-corrected chi connectivity index (χ4v) is 6.94. The Balaban J connectivity index is 1.50. The van der Waals surface area contributed by atoms with Gasteiger partial charge in [-0.25, -0.2) is 0 Å². The average molecular weight is 353 g/mol. The predicted molar refractivity (Wildman–Crippen MR) is 96.1 cm³/mol. The molecule has 2 N–H and O–H groups in total. The summed E-state index contributed by atoms with van der Waals surface area (Å²) in [6.07, 6.45) is 12.9. The molecule has 4 aliphatic rings. The van der Waals surface area contributed by atoms with Crippen LogP contribution in [0.5, 0.6) is 0 Å². The van der Waals surface area contributed by atoms with Crippen molar-refractivity contribution in [3.63, 3.8) is 0 Å². The van der Waals surface area contributed by atoms with E-state index >= 15 is 0 Å². The highest BCUT2D eigenvalue weighted by Gasteiger charge is 2.61. The van der Waals surface area contributed by atoms with Gasteiger partial charge in [0.25, 0.3) is 0 Å². The van der Waals surface area contributed by atoms with E-state index in [1.165, 1.54) is 12.8 Å². The van der Waals surface area contributed by atoms with Crippen molar-refractivity contribution >= 4 is 0 Å². The monoisotopic (exact) mass is 352 g/mol. The van der Waals surface area contributed by atoms with E-state index in [-0.39, 0.29) is 35.2 Å². The average Bonchev–Trinajstić information content (AvgIpc) is 3.02. The molecule has 0 bridgehead atoms. The van der Waals surface area contributed by atoms with Crippen molar-refractivity contribution < 1.29 is 19.7 Å². The van der Waals surface area contributed by atoms with E-state index in [0.29, 0.717) is 0 Å². The second kappa shape index (κ2) is 6.47. The van der Waals surface area contributed by atoms with Gasteiger partial charge in [-0.15, -0.1) is 0 Å². The zero-order valence-electron chi connectivity index (χ0n) is 16.0. The summed E-state index contributed by atoms with van der Waals surface area (Å²) in [6.45, 7) is 4.07. The van der Waals surface area contributed by atoms with E-state index in [2.05, 4.69) is 0 Å². The molecule has 4 fully saturated rings. The quantitative estimate of drug-likeness (QED) is 0.694. The molecule has 2 unspecified atom stereocenters. The molecule has 4 rings (SSSR count). The molecule has 0 amide bonds. The van der Waals surface area contributed by atoms with Gasteiger partial charge in [-0.1, -0.05) is 25.7 Å². The van der Waals surface area contributed by atoms with E-state index in [4.69, 9.17) is 9.47 Å². The second-order valence-corrected chi connectivity index (χ2v) is 9.89. The Morgan fingerprint density at radius 3 is 1.48 bits per heavy atom. The molecule has 0 aromatic carbocycles. The minimum absolute atomic E-state index is 0.163. The second-order valence-electron chi connectivity index (χ2n) is 9.89. The lowest BCUT2D eigenvalue weighted by Crippen LogP contribution is -2.33. The Hall–Kier alpha value is -0.160. The van der Waals surface area contributed by atoms with Crippen LogP contribution in [0.2, 0.25) is 0 Å².